The molecule has 0 radical (unpaired) electrons. The molecule has 0 N–H and O–H groups in total. The maximum Gasteiger partial charge on any atom is 0.351 e. The van der Waals surface area contributed by atoms with Gasteiger partial charge in [0, 0.05) is 10.9 Å². The smallest absolute Gasteiger partial charge is 0.351 e. The first-order chi connectivity index (χ1) is 14.2. The summed E-state index contributed by atoms with van der Waals surface area (Å²) < 4.78 is 27.2. The zero-order chi connectivity index (χ0) is 20.2. The van der Waals surface area contributed by atoms with Crippen LogP contribution in [-0.4, -0.2) is 37.9 Å². The lowest BCUT2D eigenvalue weighted by Crippen LogP contribution is -2.37. The van der Waals surface area contributed by atoms with E-state index in [0.717, 1.165) is 10.6 Å². The average molecular weight is 413 g/mol. The fourth-order valence-electron chi connectivity index (χ4n) is 2.85. The van der Waals surface area contributed by atoms with Crippen LogP contribution in [0.4, 0.5) is 0 Å². The van der Waals surface area contributed by atoms with Crippen LogP contribution >= 0.6 is 11.3 Å². The summed E-state index contributed by atoms with van der Waals surface area (Å²) >= 11 is 1.46. The summed E-state index contributed by atoms with van der Waals surface area (Å²) in [6.45, 7) is 0.175. The molecule has 29 heavy (non-hydrogen) atoms. The summed E-state index contributed by atoms with van der Waals surface area (Å²) in [4.78, 5) is 16.9. The highest BCUT2D eigenvalue weighted by atomic mass is 32.1. The maximum atomic E-state index is 12.3. The number of rotatable bonds is 6. The molecule has 0 amide bonds. The van der Waals surface area contributed by atoms with Gasteiger partial charge in [-0.3, -0.25) is 0 Å². The Bertz CT molecular complexity index is 1020. The van der Waals surface area contributed by atoms with Crippen LogP contribution in [0.5, 0.6) is 23.0 Å². The number of carbonyl (C=O) groups excluding carboxylic acids is 1. The van der Waals surface area contributed by atoms with E-state index in [9.17, 15) is 4.79 Å². The van der Waals surface area contributed by atoms with E-state index >= 15 is 0 Å². The molecule has 1 aliphatic heterocycles. The average Bonchev–Trinajstić information content (AvgIpc) is 3.25. The molecule has 2 heterocycles. The van der Waals surface area contributed by atoms with Crippen LogP contribution in [0.1, 0.15) is 5.69 Å². The predicted molar refractivity (Wildman–Crippen MR) is 107 cm³/mol. The molecule has 8 heteroatoms. The zero-order valence-electron chi connectivity index (χ0n) is 15.9. The van der Waals surface area contributed by atoms with Gasteiger partial charge in [0.2, 0.25) is 6.10 Å². The van der Waals surface area contributed by atoms with E-state index in [4.69, 9.17) is 23.7 Å². The zero-order valence-corrected chi connectivity index (χ0v) is 16.7. The molecular formula is C21H19NO6S. The van der Waals surface area contributed by atoms with E-state index in [-0.39, 0.29) is 13.2 Å². The second-order valence-electron chi connectivity index (χ2n) is 6.19. The van der Waals surface area contributed by atoms with Crippen LogP contribution in [0.25, 0.3) is 10.6 Å². The van der Waals surface area contributed by atoms with Crippen LogP contribution in [0.2, 0.25) is 0 Å². The Labute approximate surface area is 171 Å². The summed E-state index contributed by atoms with van der Waals surface area (Å²) in [6, 6.07) is 12.8. The third-order valence-corrected chi connectivity index (χ3v) is 5.26. The van der Waals surface area contributed by atoms with Crippen LogP contribution in [0, 0.1) is 0 Å². The minimum absolute atomic E-state index is 0.0597. The van der Waals surface area contributed by atoms with Gasteiger partial charge >= 0.3 is 5.97 Å². The van der Waals surface area contributed by atoms with Crippen molar-refractivity contribution in [3.05, 3.63) is 53.5 Å². The third-order valence-electron chi connectivity index (χ3n) is 4.32. The molecule has 1 atom stereocenters. The number of carbonyl (C=O) groups is 1. The number of fused-ring (bicyclic) bond motifs is 1. The van der Waals surface area contributed by atoms with Gasteiger partial charge in [-0.05, 0) is 30.3 Å². The van der Waals surface area contributed by atoms with E-state index in [0.29, 0.717) is 28.7 Å². The summed E-state index contributed by atoms with van der Waals surface area (Å²) in [7, 11) is 3.18. The minimum atomic E-state index is -0.797. The largest absolute Gasteiger partial charge is 0.493 e. The predicted octanol–water partition coefficient (Wildman–Crippen LogP) is 3.71. The van der Waals surface area contributed by atoms with Crippen molar-refractivity contribution in [2.75, 3.05) is 20.8 Å². The quantitative estimate of drug-likeness (QED) is 0.570. The molecule has 3 aromatic rings. The lowest BCUT2D eigenvalue weighted by molar-refractivity contribution is -0.156. The maximum absolute atomic E-state index is 12.3. The number of benzene rings is 2. The fourth-order valence-corrected chi connectivity index (χ4v) is 3.65. The van der Waals surface area contributed by atoms with E-state index in [1.165, 1.54) is 11.3 Å². The number of hydrogen-bond donors (Lipinski definition) is 0. The van der Waals surface area contributed by atoms with Gasteiger partial charge < -0.3 is 23.7 Å². The first kappa shape index (κ1) is 19.1. The van der Waals surface area contributed by atoms with Gasteiger partial charge in [0.25, 0.3) is 0 Å². The Kier molecular flexibility index (Phi) is 5.53. The van der Waals surface area contributed by atoms with Crippen molar-refractivity contribution in [1.29, 1.82) is 0 Å². The normalized spacial score (nSPS) is 14.9. The first-order valence-electron chi connectivity index (χ1n) is 8.90. The molecular weight excluding hydrogens is 394 g/mol. The van der Waals surface area contributed by atoms with Crippen LogP contribution in [-0.2, 0) is 16.1 Å². The first-order valence-corrected chi connectivity index (χ1v) is 9.78. The molecule has 0 aliphatic carbocycles. The fraction of sp³-hybridized carbons (Fsp3) is 0.238. The topological polar surface area (TPSA) is 76.1 Å². The van der Waals surface area contributed by atoms with Crippen molar-refractivity contribution in [2.24, 2.45) is 0 Å². The molecule has 1 aromatic heterocycles. The standard InChI is InChI=1S/C21H19NO6S/c1-24-15-8-7-13(9-18(15)25-2)20-22-14(12-29-20)10-27-21(23)19-11-26-16-5-3-4-6-17(16)28-19/h3-9,12,19H,10-11H2,1-2H3/t19-/m0/s1. The molecule has 0 spiro atoms. The van der Waals surface area contributed by atoms with Gasteiger partial charge in [-0.1, -0.05) is 12.1 Å². The third kappa shape index (κ3) is 4.12. The number of ether oxygens (including phenoxy) is 5. The van der Waals surface area contributed by atoms with Crippen molar-refractivity contribution in [2.45, 2.75) is 12.7 Å². The Morgan fingerprint density at radius 3 is 2.72 bits per heavy atom. The summed E-state index contributed by atoms with van der Waals surface area (Å²) in [5.41, 5.74) is 1.55. The molecule has 0 bridgehead atoms. The number of aromatic nitrogens is 1. The van der Waals surface area contributed by atoms with Gasteiger partial charge in [-0.2, -0.15) is 0 Å². The van der Waals surface area contributed by atoms with Crippen LogP contribution in [0.15, 0.2) is 47.8 Å². The van der Waals surface area contributed by atoms with Crippen molar-refractivity contribution in [1.82, 2.24) is 4.98 Å². The second kappa shape index (κ2) is 8.40. The highest BCUT2D eigenvalue weighted by Gasteiger charge is 2.28. The van der Waals surface area contributed by atoms with E-state index in [1.54, 1.807) is 26.4 Å². The van der Waals surface area contributed by atoms with Gasteiger partial charge in [0.15, 0.2) is 23.0 Å². The molecule has 1 aliphatic rings. The van der Waals surface area contributed by atoms with Crippen molar-refractivity contribution < 1.29 is 28.5 Å². The number of nitrogens with zero attached hydrogens (tertiary/aromatic N) is 1. The number of thiazole rings is 1. The Hall–Kier alpha value is -3.26. The van der Waals surface area contributed by atoms with Gasteiger partial charge in [-0.25, -0.2) is 9.78 Å². The lowest BCUT2D eigenvalue weighted by atomic mass is 10.2. The van der Waals surface area contributed by atoms with Crippen molar-refractivity contribution in [3.63, 3.8) is 0 Å². The van der Waals surface area contributed by atoms with E-state index < -0.39 is 12.1 Å². The van der Waals surface area contributed by atoms with E-state index in [1.807, 2.05) is 35.7 Å². The summed E-state index contributed by atoms with van der Waals surface area (Å²) in [5, 5.41) is 2.65. The minimum Gasteiger partial charge on any atom is -0.493 e. The van der Waals surface area contributed by atoms with Crippen LogP contribution < -0.4 is 18.9 Å². The molecule has 0 unspecified atom stereocenters. The Morgan fingerprint density at radius 1 is 1.14 bits per heavy atom. The number of methoxy groups -OCH3 is 2. The highest BCUT2D eigenvalue weighted by Crippen LogP contribution is 2.34. The van der Waals surface area contributed by atoms with Gasteiger partial charge in [0.05, 0.1) is 19.9 Å². The number of esters is 1. The summed E-state index contributed by atoms with van der Waals surface area (Å²) in [5.74, 6) is 1.95. The molecule has 2 aromatic carbocycles. The number of hydrogen-bond acceptors (Lipinski definition) is 8. The van der Waals surface area contributed by atoms with Crippen LogP contribution in [0.3, 0.4) is 0 Å². The molecule has 0 fully saturated rings. The summed E-state index contributed by atoms with van der Waals surface area (Å²) in [6.07, 6.45) is -0.797. The highest BCUT2D eigenvalue weighted by molar-refractivity contribution is 7.13. The van der Waals surface area contributed by atoms with Gasteiger partial charge in [0.1, 0.15) is 18.2 Å². The number of para-hydroxylation sites is 2. The van der Waals surface area contributed by atoms with Crippen molar-refractivity contribution >= 4 is 17.3 Å². The molecule has 150 valence electrons. The molecule has 0 saturated heterocycles. The molecule has 0 saturated carbocycles. The molecule has 4 rings (SSSR count). The monoisotopic (exact) mass is 413 g/mol. The Balaban J connectivity index is 1.38. The van der Waals surface area contributed by atoms with E-state index in [2.05, 4.69) is 4.98 Å². The second-order valence-corrected chi connectivity index (χ2v) is 7.04. The van der Waals surface area contributed by atoms with Gasteiger partial charge in [-0.15, -0.1) is 11.3 Å². The SMILES string of the molecule is COc1ccc(-c2nc(COC(=O)[C@@H]3COc4ccccc4O3)cs2)cc1OC. The Morgan fingerprint density at radius 2 is 1.93 bits per heavy atom. The lowest BCUT2D eigenvalue weighted by Gasteiger charge is -2.24. The van der Waals surface area contributed by atoms with Crippen molar-refractivity contribution in [3.8, 4) is 33.6 Å². The molecule has 7 nitrogen and oxygen atoms in total.